The first-order valence-corrected chi connectivity index (χ1v) is 8.30. The van der Waals surface area contributed by atoms with Gasteiger partial charge in [0.1, 0.15) is 0 Å². The van der Waals surface area contributed by atoms with Crippen molar-refractivity contribution in [1.82, 2.24) is 24.9 Å². The van der Waals surface area contributed by atoms with Crippen molar-refractivity contribution in [3.05, 3.63) is 72.0 Å². The maximum atomic E-state index is 12.7. The average Bonchev–Trinajstić information content (AvgIpc) is 3.28. The molecule has 1 aromatic carbocycles. The van der Waals surface area contributed by atoms with E-state index in [1.54, 1.807) is 29.9 Å². The van der Waals surface area contributed by atoms with E-state index >= 15 is 0 Å². The lowest BCUT2D eigenvalue weighted by Crippen LogP contribution is -2.13. The van der Waals surface area contributed by atoms with Gasteiger partial charge in [-0.05, 0) is 31.2 Å². The second-order valence-corrected chi connectivity index (χ2v) is 5.92. The summed E-state index contributed by atoms with van der Waals surface area (Å²) in [6, 6.07) is 12.8. The minimum absolute atomic E-state index is 0.254. The Morgan fingerprint density at radius 3 is 2.78 bits per heavy atom. The lowest BCUT2D eigenvalue weighted by Gasteiger charge is -2.07. The molecule has 0 aliphatic carbocycles. The van der Waals surface area contributed by atoms with E-state index in [0.29, 0.717) is 34.5 Å². The zero-order valence-electron chi connectivity index (χ0n) is 14.7. The summed E-state index contributed by atoms with van der Waals surface area (Å²) >= 11 is 0. The number of nitrogens with one attached hydrogen (secondary N) is 1. The Labute approximate surface area is 154 Å². The largest absolute Gasteiger partial charge is 0.339 e. The van der Waals surface area contributed by atoms with Gasteiger partial charge in [0.25, 0.3) is 5.91 Å². The number of anilines is 1. The number of aryl methyl sites for hydroxylation is 1. The van der Waals surface area contributed by atoms with Crippen molar-refractivity contribution >= 4 is 11.6 Å². The Bertz CT molecular complexity index is 1100. The first-order chi connectivity index (χ1) is 13.1. The molecule has 27 heavy (non-hydrogen) atoms. The maximum Gasteiger partial charge on any atom is 0.259 e. The minimum Gasteiger partial charge on any atom is -0.339 e. The van der Waals surface area contributed by atoms with Crippen LogP contribution in [0.25, 0.3) is 17.2 Å². The fraction of sp³-hybridized carbons (Fsp3) is 0.105. The number of aromatic nitrogens is 5. The number of carbonyl (C=O) groups is 1. The third kappa shape index (κ3) is 3.32. The first kappa shape index (κ1) is 16.6. The van der Waals surface area contributed by atoms with Gasteiger partial charge in [-0.15, -0.1) is 0 Å². The third-order valence-electron chi connectivity index (χ3n) is 4.03. The quantitative estimate of drug-likeness (QED) is 0.600. The van der Waals surface area contributed by atoms with Gasteiger partial charge < -0.3 is 9.84 Å². The Kier molecular flexibility index (Phi) is 4.21. The highest BCUT2D eigenvalue weighted by molar-refractivity contribution is 6.05. The van der Waals surface area contributed by atoms with Crippen LogP contribution in [0.15, 0.2) is 59.4 Å². The van der Waals surface area contributed by atoms with Gasteiger partial charge in [-0.25, -0.2) is 9.67 Å². The van der Waals surface area contributed by atoms with Crippen LogP contribution >= 0.6 is 0 Å². The van der Waals surface area contributed by atoms with Crippen LogP contribution in [0.2, 0.25) is 0 Å². The van der Waals surface area contributed by atoms with Crippen molar-refractivity contribution in [1.29, 1.82) is 0 Å². The normalized spacial score (nSPS) is 10.7. The molecule has 8 nitrogen and oxygen atoms in total. The molecule has 0 saturated carbocycles. The van der Waals surface area contributed by atoms with Crippen LogP contribution in [0.5, 0.6) is 0 Å². The first-order valence-electron chi connectivity index (χ1n) is 8.30. The van der Waals surface area contributed by atoms with Crippen LogP contribution in [0.1, 0.15) is 21.9 Å². The summed E-state index contributed by atoms with van der Waals surface area (Å²) < 4.78 is 6.64. The molecule has 0 fully saturated rings. The molecule has 4 rings (SSSR count). The summed E-state index contributed by atoms with van der Waals surface area (Å²) in [5.74, 6) is 1.36. The highest BCUT2D eigenvalue weighted by atomic mass is 16.5. The number of pyridine rings is 1. The van der Waals surface area contributed by atoms with E-state index in [4.69, 9.17) is 4.52 Å². The van der Waals surface area contributed by atoms with Gasteiger partial charge in [-0.1, -0.05) is 23.4 Å². The fourth-order valence-electron chi connectivity index (χ4n) is 2.69. The molecule has 1 amide bonds. The molecular formula is C19H16N6O2. The molecule has 0 radical (unpaired) electrons. The molecule has 3 aromatic heterocycles. The molecule has 0 aliphatic heterocycles. The van der Waals surface area contributed by atoms with Gasteiger partial charge in [-0.2, -0.15) is 10.1 Å². The summed E-state index contributed by atoms with van der Waals surface area (Å²) in [5.41, 5.74) is 2.56. The summed E-state index contributed by atoms with van der Waals surface area (Å²) in [4.78, 5) is 21.2. The van der Waals surface area contributed by atoms with Crippen LogP contribution in [0, 0.1) is 13.8 Å². The molecule has 0 unspecified atom stereocenters. The van der Waals surface area contributed by atoms with E-state index in [9.17, 15) is 4.79 Å². The smallest absolute Gasteiger partial charge is 0.259 e. The number of carbonyl (C=O) groups excluding carboxylic acids is 1. The molecule has 1 N–H and O–H groups in total. The van der Waals surface area contributed by atoms with Gasteiger partial charge in [0.2, 0.25) is 11.7 Å². The SMILES string of the molecule is Cc1nc(-c2cccc(NC(=O)c3cnn(-c4ccccn4)c3C)c2)no1. The Morgan fingerprint density at radius 1 is 1.15 bits per heavy atom. The zero-order chi connectivity index (χ0) is 18.8. The fourth-order valence-corrected chi connectivity index (χ4v) is 2.69. The van der Waals surface area contributed by atoms with Gasteiger partial charge in [0, 0.05) is 24.4 Å². The molecule has 8 heteroatoms. The zero-order valence-corrected chi connectivity index (χ0v) is 14.7. The van der Waals surface area contributed by atoms with Crippen molar-refractivity contribution < 1.29 is 9.32 Å². The summed E-state index contributed by atoms with van der Waals surface area (Å²) in [7, 11) is 0. The number of hydrogen-bond acceptors (Lipinski definition) is 6. The van der Waals surface area contributed by atoms with Crippen LogP contribution in [0.4, 0.5) is 5.69 Å². The molecule has 3 heterocycles. The molecule has 0 bridgehead atoms. The van der Waals surface area contributed by atoms with Crippen LogP contribution in [-0.4, -0.2) is 30.8 Å². The number of nitrogens with zero attached hydrogens (tertiary/aromatic N) is 5. The molecule has 0 atom stereocenters. The van der Waals surface area contributed by atoms with Crippen molar-refractivity contribution in [2.24, 2.45) is 0 Å². The molecule has 0 spiro atoms. The molecule has 134 valence electrons. The van der Waals surface area contributed by atoms with Crippen molar-refractivity contribution in [3.63, 3.8) is 0 Å². The number of hydrogen-bond donors (Lipinski definition) is 1. The second-order valence-electron chi connectivity index (χ2n) is 5.92. The van der Waals surface area contributed by atoms with E-state index in [1.165, 1.54) is 6.20 Å². The van der Waals surface area contributed by atoms with E-state index in [2.05, 4.69) is 25.5 Å². The number of rotatable bonds is 4. The monoisotopic (exact) mass is 360 g/mol. The Balaban J connectivity index is 1.58. The van der Waals surface area contributed by atoms with Crippen LogP contribution in [0.3, 0.4) is 0 Å². The average molecular weight is 360 g/mol. The lowest BCUT2D eigenvalue weighted by molar-refractivity contribution is 0.102. The van der Waals surface area contributed by atoms with Crippen molar-refractivity contribution in [2.45, 2.75) is 13.8 Å². The Hall–Kier alpha value is -3.81. The topological polar surface area (TPSA) is 98.7 Å². The van der Waals surface area contributed by atoms with E-state index in [-0.39, 0.29) is 5.91 Å². The van der Waals surface area contributed by atoms with Crippen LogP contribution < -0.4 is 5.32 Å². The number of amides is 1. The van der Waals surface area contributed by atoms with Gasteiger partial charge in [0.15, 0.2) is 5.82 Å². The highest BCUT2D eigenvalue weighted by Crippen LogP contribution is 2.21. The predicted octanol–water partition coefficient (Wildman–Crippen LogP) is 3.19. The molecule has 0 aliphatic rings. The second kappa shape index (κ2) is 6.83. The van der Waals surface area contributed by atoms with E-state index in [1.807, 2.05) is 37.3 Å². The van der Waals surface area contributed by atoms with E-state index in [0.717, 1.165) is 5.56 Å². The van der Waals surface area contributed by atoms with Gasteiger partial charge in [-0.3, -0.25) is 4.79 Å². The molecular weight excluding hydrogens is 344 g/mol. The highest BCUT2D eigenvalue weighted by Gasteiger charge is 2.16. The Morgan fingerprint density at radius 2 is 2.04 bits per heavy atom. The van der Waals surface area contributed by atoms with E-state index < -0.39 is 0 Å². The lowest BCUT2D eigenvalue weighted by atomic mass is 10.1. The molecule has 4 aromatic rings. The summed E-state index contributed by atoms with van der Waals surface area (Å²) in [6.45, 7) is 3.55. The predicted molar refractivity (Wildman–Crippen MR) is 98.5 cm³/mol. The van der Waals surface area contributed by atoms with Gasteiger partial charge in [0.05, 0.1) is 17.5 Å². The summed E-state index contributed by atoms with van der Waals surface area (Å²) in [5, 5.41) is 11.1. The van der Waals surface area contributed by atoms with Gasteiger partial charge >= 0.3 is 0 Å². The standard InChI is InChI=1S/C19H16N6O2/c1-12-16(11-21-25(12)17-8-3-4-9-20-17)19(26)23-15-7-5-6-14(10-15)18-22-13(2)27-24-18/h3-11H,1-2H3,(H,23,26). The minimum atomic E-state index is -0.254. The maximum absolute atomic E-state index is 12.7. The number of benzene rings is 1. The van der Waals surface area contributed by atoms with Crippen LogP contribution in [-0.2, 0) is 0 Å². The third-order valence-corrected chi connectivity index (χ3v) is 4.03. The van der Waals surface area contributed by atoms with Crippen molar-refractivity contribution in [2.75, 3.05) is 5.32 Å². The van der Waals surface area contributed by atoms with Crippen molar-refractivity contribution in [3.8, 4) is 17.2 Å². The summed E-state index contributed by atoms with van der Waals surface area (Å²) in [6.07, 6.45) is 3.22. The molecule has 0 saturated heterocycles.